The van der Waals surface area contributed by atoms with Crippen LogP contribution in [0.15, 0.2) is 71.6 Å². The smallest absolute Gasteiger partial charge is 0.207 e. The van der Waals surface area contributed by atoms with E-state index in [1.807, 2.05) is 49.4 Å². The second-order valence-corrected chi connectivity index (χ2v) is 7.79. The van der Waals surface area contributed by atoms with Crippen molar-refractivity contribution in [2.45, 2.75) is 24.3 Å². The van der Waals surface area contributed by atoms with Gasteiger partial charge in [-0.05, 0) is 47.0 Å². The van der Waals surface area contributed by atoms with E-state index in [4.69, 9.17) is 11.6 Å². The Morgan fingerprint density at radius 3 is 2.29 bits per heavy atom. The van der Waals surface area contributed by atoms with Crippen molar-refractivity contribution in [2.75, 3.05) is 0 Å². The Kier molecular flexibility index (Phi) is 4.90. The molecule has 0 spiro atoms. The highest BCUT2D eigenvalue weighted by Crippen LogP contribution is 2.24. The largest absolute Gasteiger partial charge is 0.241 e. The molecule has 3 aromatic carbocycles. The minimum absolute atomic E-state index is 0.272. The molecule has 24 heavy (non-hydrogen) atoms. The van der Waals surface area contributed by atoms with E-state index in [9.17, 15) is 8.42 Å². The quantitative estimate of drug-likeness (QED) is 0.702. The zero-order valence-corrected chi connectivity index (χ0v) is 14.8. The Labute approximate surface area is 147 Å². The van der Waals surface area contributed by atoms with Gasteiger partial charge in [-0.25, -0.2) is 13.1 Å². The number of sulfonamides is 1. The van der Waals surface area contributed by atoms with E-state index in [2.05, 4.69) is 4.72 Å². The molecule has 124 valence electrons. The Morgan fingerprint density at radius 2 is 1.62 bits per heavy atom. The summed E-state index contributed by atoms with van der Waals surface area (Å²) >= 11 is 5.91. The first-order valence-electron chi connectivity index (χ1n) is 7.76. The van der Waals surface area contributed by atoms with Gasteiger partial charge < -0.3 is 0 Å². The van der Waals surface area contributed by atoms with Crippen molar-refractivity contribution in [3.63, 3.8) is 0 Å². The van der Waals surface area contributed by atoms with Gasteiger partial charge in [-0.3, -0.25) is 0 Å². The van der Waals surface area contributed by atoms with E-state index in [1.165, 1.54) is 0 Å². The van der Waals surface area contributed by atoms with E-state index in [1.54, 1.807) is 24.3 Å². The first kappa shape index (κ1) is 17.0. The molecule has 0 bridgehead atoms. The molecule has 5 heteroatoms. The lowest BCUT2D eigenvalue weighted by molar-refractivity contribution is 0.550. The average molecular weight is 360 g/mol. The zero-order valence-electron chi connectivity index (χ0n) is 13.2. The summed E-state index contributed by atoms with van der Waals surface area (Å²) < 4.78 is 28.3. The molecule has 0 fully saturated rings. The second-order valence-electron chi connectivity index (χ2n) is 5.64. The number of halogens is 1. The van der Waals surface area contributed by atoms with Crippen LogP contribution in [0.3, 0.4) is 0 Å². The van der Waals surface area contributed by atoms with Crippen LogP contribution in [-0.4, -0.2) is 8.42 Å². The minimum atomic E-state index is -3.60. The Morgan fingerprint density at radius 1 is 0.958 bits per heavy atom. The van der Waals surface area contributed by atoms with Crippen molar-refractivity contribution in [2.24, 2.45) is 0 Å². The molecule has 0 heterocycles. The van der Waals surface area contributed by atoms with Crippen molar-refractivity contribution < 1.29 is 8.42 Å². The SMILES string of the molecule is CC[C@@H](NS(=O)(=O)c1ccc2ccccc2c1)c1ccc(Cl)cc1. The number of fused-ring (bicyclic) bond motifs is 1. The van der Waals surface area contributed by atoms with Crippen LogP contribution < -0.4 is 4.72 Å². The minimum Gasteiger partial charge on any atom is -0.207 e. The van der Waals surface area contributed by atoms with Crippen LogP contribution in [0.25, 0.3) is 10.8 Å². The van der Waals surface area contributed by atoms with Crippen LogP contribution in [0.5, 0.6) is 0 Å². The molecular weight excluding hydrogens is 342 g/mol. The molecule has 0 aliphatic heterocycles. The molecule has 1 N–H and O–H groups in total. The summed E-state index contributed by atoms with van der Waals surface area (Å²) in [5.41, 5.74) is 0.895. The van der Waals surface area contributed by atoms with Gasteiger partial charge >= 0.3 is 0 Å². The third-order valence-corrected chi connectivity index (χ3v) is 5.73. The number of nitrogens with one attached hydrogen (secondary N) is 1. The maximum absolute atomic E-state index is 12.7. The molecule has 1 atom stereocenters. The molecule has 0 saturated heterocycles. The van der Waals surface area contributed by atoms with Gasteiger partial charge in [0.2, 0.25) is 10.0 Å². The first-order chi connectivity index (χ1) is 11.5. The summed E-state index contributed by atoms with van der Waals surface area (Å²) in [4.78, 5) is 0.272. The second kappa shape index (κ2) is 6.93. The van der Waals surface area contributed by atoms with E-state index in [0.29, 0.717) is 11.4 Å². The summed E-state index contributed by atoms with van der Waals surface area (Å²) in [6, 6.07) is 19.8. The lowest BCUT2D eigenvalue weighted by atomic mass is 10.1. The molecule has 0 amide bonds. The Hall–Kier alpha value is -1.88. The van der Waals surface area contributed by atoms with Crippen LogP contribution in [0.4, 0.5) is 0 Å². The molecule has 3 nitrogen and oxygen atoms in total. The molecular formula is C19H18ClNO2S. The van der Waals surface area contributed by atoms with Gasteiger partial charge in [0.1, 0.15) is 0 Å². The standard InChI is InChI=1S/C19H18ClNO2S/c1-2-19(15-7-10-17(20)11-8-15)21-24(22,23)18-12-9-14-5-3-4-6-16(14)13-18/h3-13,19,21H,2H2,1H3/t19-/m1/s1. The fourth-order valence-corrected chi connectivity index (χ4v) is 4.14. The van der Waals surface area contributed by atoms with Crippen molar-refractivity contribution in [1.29, 1.82) is 0 Å². The molecule has 0 unspecified atom stereocenters. The highest BCUT2D eigenvalue weighted by atomic mass is 35.5. The summed E-state index contributed by atoms with van der Waals surface area (Å²) in [5, 5.41) is 2.55. The van der Waals surface area contributed by atoms with Crippen LogP contribution in [0.1, 0.15) is 24.9 Å². The average Bonchev–Trinajstić information content (AvgIpc) is 2.60. The lowest BCUT2D eigenvalue weighted by Crippen LogP contribution is -2.28. The molecule has 3 aromatic rings. The van der Waals surface area contributed by atoms with E-state index in [-0.39, 0.29) is 10.9 Å². The van der Waals surface area contributed by atoms with Crippen molar-refractivity contribution in [1.82, 2.24) is 4.72 Å². The predicted octanol–water partition coefficient (Wildman–Crippen LogP) is 4.92. The van der Waals surface area contributed by atoms with E-state index < -0.39 is 10.0 Å². The number of rotatable bonds is 5. The summed E-state index contributed by atoms with van der Waals surface area (Å²) in [6.07, 6.45) is 0.647. The van der Waals surface area contributed by atoms with Gasteiger partial charge in [0.25, 0.3) is 0 Å². The molecule has 0 aliphatic rings. The maximum atomic E-state index is 12.7. The van der Waals surface area contributed by atoms with Gasteiger partial charge in [-0.15, -0.1) is 0 Å². The third kappa shape index (κ3) is 3.61. The molecule has 0 aliphatic carbocycles. The molecule has 0 radical (unpaired) electrons. The van der Waals surface area contributed by atoms with Crippen molar-refractivity contribution in [3.8, 4) is 0 Å². The first-order valence-corrected chi connectivity index (χ1v) is 9.62. The predicted molar refractivity (Wildman–Crippen MR) is 98.8 cm³/mol. The highest BCUT2D eigenvalue weighted by molar-refractivity contribution is 7.89. The molecule has 0 saturated carbocycles. The normalized spacial score (nSPS) is 13.1. The van der Waals surface area contributed by atoms with Crippen molar-refractivity contribution in [3.05, 3.63) is 77.3 Å². The van der Waals surface area contributed by atoms with E-state index in [0.717, 1.165) is 16.3 Å². The van der Waals surface area contributed by atoms with Crippen LogP contribution in [0.2, 0.25) is 5.02 Å². The number of hydrogen-bond acceptors (Lipinski definition) is 2. The van der Waals surface area contributed by atoms with Gasteiger partial charge in [0.15, 0.2) is 0 Å². The number of benzene rings is 3. The van der Waals surface area contributed by atoms with Crippen LogP contribution >= 0.6 is 11.6 Å². The van der Waals surface area contributed by atoms with Gasteiger partial charge in [-0.2, -0.15) is 0 Å². The van der Waals surface area contributed by atoms with Gasteiger partial charge in [0.05, 0.1) is 4.90 Å². The zero-order chi connectivity index (χ0) is 17.2. The van der Waals surface area contributed by atoms with Crippen LogP contribution in [-0.2, 0) is 10.0 Å². The topological polar surface area (TPSA) is 46.2 Å². The van der Waals surface area contributed by atoms with Crippen molar-refractivity contribution >= 4 is 32.4 Å². The van der Waals surface area contributed by atoms with Gasteiger partial charge in [-0.1, -0.05) is 61.0 Å². The maximum Gasteiger partial charge on any atom is 0.241 e. The highest BCUT2D eigenvalue weighted by Gasteiger charge is 2.20. The van der Waals surface area contributed by atoms with Crippen LogP contribution in [0, 0.1) is 0 Å². The Bertz CT molecular complexity index is 953. The third-order valence-electron chi connectivity index (χ3n) is 4.01. The molecule has 3 rings (SSSR count). The van der Waals surface area contributed by atoms with Gasteiger partial charge in [0, 0.05) is 11.1 Å². The molecule has 0 aromatic heterocycles. The summed E-state index contributed by atoms with van der Waals surface area (Å²) in [6.45, 7) is 1.95. The fourth-order valence-electron chi connectivity index (χ4n) is 2.67. The number of hydrogen-bond donors (Lipinski definition) is 1. The Balaban J connectivity index is 1.91. The monoisotopic (exact) mass is 359 g/mol. The summed E-state index contributed by atoms with van der Waals surface area (Å²) in [7, 11) is -3.60. The fraction of sp³-hybridized carbons (Fsp3) is 0.158. The van der Waals surface area contributed by atoms with E-state index >= 15 is 0 Å². The lowest BCUT2D eigenvalue weighted by Gasteiger charge is -2.18. The summed E-state index contributed by atoms with van der Waals surface area (Å²) in [5.74, 6) is 0.